The largest absolute Gasteiger partial charge is 0.369 e. The number of primary amides is 1. The maximum absolute atomic E-state index is 11.7. The number of H-pyrrole nitrogens is 1. The predicted molar refractivity (Wildman–Crippen MR) is 116 cm³/mol. The SMILES string of the molecule is CCCCN1CCN(c2ccc(-c3cc4c(C(N)=O)cccc4[nH]3)cc2)CC1. The molecule has 1 fully saturated rings. The van der Waals surface area contributed by atoms with Crippen LogP contribution in [0.5, 0.6) is 0 Å². The molecule has 2 aromatic carbocycles. The first-order chi connectivity index (χ1) is 13.7. The summed E-state index contributed by atoms with van der Waals surface area (Å²) in [6.45, 7) is 7.91. The van der Waals surface area contributed by atoms with Crippen LogP contribution in [-0.2, 0) is 0 Å². The fourth-order valence-corrected chi connectivity index (χ4v) is 3.99. The van der Waals surface area contributed by atoms with E-state index < -0.39 is 5.91 Å². The molecule has 0 bridgehead atoms. The van der Waals surface area contributed by atoms with E-state index in [9.17, 15) is 4.79 Å². The summed E-state index contributed by atoms with van der Waals surface area (Å²) in [6.07, 6.45) is 2.55. The fourth-order valence-electron chi connectivity index (χ4n) is 3.99. The van der Waals surface area contributed by atoms with Gasteiger partial charge >= 0.3 is 0 Å². The van der Waals surface area contributed by atoms with Crippen molar-refractivity contribution in [1.82, 2.24) is 9.88 Å². The Labute approximate surface area is 166 Å². The van der Waals surface area contributed by atoms with E-state index in [1.165, 1.54) is 25.1 Å². The van der Waals surface area contributed by atoms with Gasteiger partial charge in [-0.3, -0.25) is 9.69 Å². The highest BCUT2D eigenvalue weighted by Gasteiger charge is 2.17. The lowest BCUT2D eigenvalue weighted by atomic mass is 10.1. The number of benzene rings is 2. The van der Waals surface area contributed by atoms with Crippen molar-refractivity contribution in [3.8, 4) is 11.3 Å². The summed E-state index contributed by atoms with van der Waals surface area (Å²) in [5, 5.41) is 0.872. The molecule has 1 aromatic heterocycles. The number of fused-ring (bicyclic) bond motifs is 1. The van der Waals surface area contributed by atoms with E-state index in [2.05, 4.69) is 46.0 Å². The Balaban J connectivity index is 1.49. The number of carbonyl (C=O) groups is 1. The number of nitrogens with one attached hydrogen (secondary N) is 1. The zero-order valence-corrected chi connectivity index (χ0v) is 16.4. The molecule has 28 heavy (non-hydrogen) atoms. The number of rotatable bonds is 6. The highest BCUT2D eigenvalue weighted by Crippen LogP contribution is 2.28. The van der Waals surface area contributed by atoms with Gasteiger partial charge in [0, 0.05) is 54.0 Å². The van der Waals surface area contributed by atoms with Crippen LogP contribution >= 0.6 is 0 Å². The van der Waals surface area contributed by atoms with Crippen molar-refractivity contribution in [2.75, 3.05) is 37.6 Å². The number of hydrogen-bond donors (Lipinski definition) is 2. The van der Waals surface area contributed by atoms with Crippen LogP contribution in [0.3, 0.4) is 0 Å². The van der Waals surface area contributed by atoms with E-state index in [0.717, 1.165) is 48.3 Å². The van der Waals surface area contributed by atoms with E-state index in [-0.39, 0.29) is 0 Å². The summed E-state index contributed by atoms with van der Waals surface area (Å²) < 4.78 is 0. The van der Waals surface area contributed by atoms with Crippen LogP contribution in [0.1, 0.15) is 30.1 Å². The van der Waals surface area contributed by atoms with Crippen LogP contribution in [0.4, 0.5) is 5.69 Å². The van der Waals surface area contributed by atoms with Crippen molar-refractivity contribution in [3.05, 3.63) is 54.1 Å². The quantitative estimate of drug-likeness (QED) is 0.687. The fraction of sp³-hybridized carbons (Fsp3) is 0.348. The third kappa shape index (κ3) is 3.76. The Kier molecular flexibility index (Phi) is 5.35. The van der Waals surface area contributed by atoms with Gasteiger partial charge in [0.2, 0.25) is 5.91 Å². The van der Waals surface area contributed by atoms with Gasteiger partial charge in [0.1, 0.15) is 0 Å². The Morgan fingerprint density at radius 2 is 1.82 bits per heavy atom. The molecule has 5 nitrogen and oxygen atoms in total. The molecule has 146 valence electrons. The van der Waals surface area contributed by atoms with Gasteiger partial charge in [0.25, 0.3) is 0 Å². The van der Waals surface area contributed by atoms with Crippen LogP contribution < -0.4 is 10.6 Å². The molecule has 3 N–H and O–H groups in total. The summed E-state index contributed by atoms with van der Waals surface area (Å²) in [7, 11) is 0. The molecule has 1 saturated heterocycles. The zero-order chi connectivity index (χ0) is 19.5. The Morgan fingerprint density at radius 3 is 2.50 bits per heavy atom. The second kappa shape index (κ2) is 8.07. The first kappa shape index (κ1) is 18.6. The number of piperazine rings is 1. The predicted octanol–water partition coefficient (Wildman–Crippen LogP) is 3.86. The second-order valence-electron chi connectivity index (χ2n) is 7.54. The molecular formula is C23H28N4O. The average Bonchev–Trinajstić information content (AvgIpc) is 3.17. The van der Waals surface area contributed by atoms with E-state index in [4.69, 9.17) is 5.73 Å². The van der Waals surface area contributed by atoms with E-state index in [1.54, 1.807) is 6.07 Å². The van der Waals surface area contributed by atoms with Crippen LogP contribution in [0, 0.1) is 0 Å². The number of nitrogens with zero attached hydrogens (tertiary/aromatic N) is 2. The summed E-state index contributed by atoms with van der Waals surface area (Å²) in [4.78, 5) is 20.1. The normalized spacial score (nSPS) is 15.2. The molecule has 3 aromatic rings. The number of amides is 1. The number of aromatic nitrogens is 1. The minimum Gasteiger partial charge on any atom is -0.369 e. The maximum atomic E-state index is 11.7. The highest BCUT2D eigenvalue weighted by molar-refractivity contribution is 6.06. The molecule has 5 heteroatoms. The molecule has 4 rings (SSSR count). The van der Waals surface area contributed by atoms with Crippen LogP contribution in [0.25, 0.3) is 22.2 Å². The van der Waals surface area contributed by atoms with Crippen LogP contribution in [0.2, 0.25) is 0 Å². The number of carbonyl (C=O) groups excluding carboxylic acids is 1. The maximum Gasteiger partial charge on any atom is 0.249 e. The summed E-state index contributed by atoms with van der Waals surface area (Å²) >= 11 is 0. The lowest BCUT2D eigenvalue weighted by molar-refractivity contribution is 0.100. The Morgan fingerprint density at radius 1 is 1.07 bits per heavy atom. The highest BCUT2D eigenvalue weighted by atomic mass is 16.1. The molecule has 1 aliphatic rings. The Bertz CT molecular complexity index is 952. The smallest absolute Gasteiger partial charge is 0.249 e. The number of anilines is 1. The van der Waals surface area contributed by atoms with Crippen molar-refractivity contribution >= 4 is 22.5 Å². The Hall–Kier alpha value is -2.79. The molecule has 0 unspecified atom stereocenters. The minimum atomic E-state index is -0.399. The van der Waals surface area contributed by atoms with Crippen molar-refractivity contribution in [3.63, 3.8) is 0 Å². The second-order valence-corrected chi connectivity index (χ2v) is 7.54. The van der Waals surface area contributed by atoms with Crippen LogP contribution in [0.15, 0.2) is 48.5 Å². The van der Waals surface area contributed by atoms with Gasteiger partial charge in [-0.2, -0.15) is 0 Å². The summed E-state index contributed by atoms with van der Waals surface area (Å²) in [5.41, 5.74) is 10.4. The van der Waals surface area contributed by atoms with Gasteiger partial charge in [-0.25, -0.2) is 0 Å². The molecular weight excluding hydrogens is 348 g/mol. The molecule has 1 amide bonds. The molecule has 0 spiro atoms. The topological polar surface area (TPSA) is 65.4 Å². The first-order valence-electron chi connectivity index (χ1n) is 10.1. The van der Waals surface area contributed by atoms with Crippen molar-refractivity contribution < 1.29 is 4.79 Å². The monoisotopic (exact) mass is 376 g/mol. The molecule has 0 atom stereocenters. The molecule has 0 saturated carbocycles. The van der Waals surface area contributed by atoms with Gasteiger partial charge in [-0.1, -0.05) is 31.5 Å². The average molecular weight is 377 g/mol. The lowest BCUT2D eigenvalue weighted by Gasteiger charge is -2.36. The molecule has 0 radical (unpaired) electrons. The van der Waals surface area contributed by atoms with E-state index in [1.807, 2.05) is 18.2 Å². The number of unbranched alkanes of at least 4 members (excludes halogenated alkanes) is 1. The number of aromatic amines is 1. The van der Waals surface area contributed by atoms with Crippen LogP contribution in [-0.4, -0.2) is 48.5 Å². The van der Waals surface area contributed by atoms with Gasteiger partial charge in [0.05, 0.1) is 0 Å². The molecule has 1 aliphatic heterocycles. The van der Waals surface area contributed by atoms with E-state index in [0.29, 0.717) is 5.56 Å². The number of nitrogens with two attached hydrogens (primary N) is 1. The summed E-state index contributed by atoms with van der Waals surface area (Å²) in [5.74, 6) is -0.399. The van der Waals surface area contributed by atoms with Gasteiger partial charge in [-0.05, 0) is 48.9 Å². The van der Waals surface area contributed by atoms with Gasteiger partial charge in [-0.15, -0.1) is 0 Å². The van der Waals surface area contributed by atoms with Crippen molar-refractivity contribution in [1.29, 1.82) is 0 Å². The number of hydrogen-bond acceptors (Lipinski definition) is 3. The lowest BCUT2D eigenvalue weighted by Crippen LogP contribution is -2.46. The molecule has 2 heterocycles. The standard InChI is InChI=1S/C23H28N4O/c1-2-3-11-26-12-14-27(15-13-26)18-9-7-17(8-10-18)22-16-20-19(23(24)28)5-4-6-21(20)25-22/h4-10,16,25H,2-3,11-15H2,1H3,(H2,24,28). The first-order valence-corrected chi connectivity index (χ1v) is 10.1. The van der Waals surface area contributed by atoms with Gasteiger partial charge < -0.3 is 15.6 Å². The third-order valence-corrected chi connectivity index (χ3v) is 5.67. The third-order valence-electron chi connectivity index (χ3n) is 5.67. The molecule has 0 aliphatic carbocycles. The summed E-state index contributed by atoms with van der Waals surface area (Å²) in [6, 6.07) is 16.3. The van der Waals surface area contributed by atoms with E-state index >= 15 is 0 Å². The minimum absolute atomic E-state index is 0.399. The van der Waals surface area contributed by atoms with Gasteiger partial charge in [0.15, 0.2) is 0 Å². The van der Waals surface area contributed by atoms with Crippen molar-refractivity contribution in [2.45, 2.75) is 19.8 Å². The zero-order valence-electron chi connectivity index (χ0n) is 16.4. The van der Waals surface area contributed by atoms with Crippen molar-refractivity contribution in [2.24, 2.45) is 5.73 Å².